The summed E-state index contributed by atoms with van der Waals surface area (Å²) in [6.07, 6.45) is 0.170. The molecular formula is C14H23N3O2. The first-order valence-electron chi connectivity index (χ1n) is 6.38. The average Bonchev–Trinajstić information content (AvgIpc) is 2.36. The lowest BCUT2D eigenvalue weighted by atomic mass is 10.2. The molecule has 0 fully saturated rings. The molecule has 0 saturated heterocycles. The van der Waals surface area contributed by atoms with E-state index in [9.17, 15) is 9.90 Å². The zero-order valence-electron chi connectivity index (χ0n) is 12.1. The van der Waals surface area contributed by atoms with Crippen molar-refractivity contribution in [2.24, 2.45) is 0 Å². The number of rotatable bonds is 5. The summed E-state index contributed by atoms with van der Waals surface area (Å²) in [5.41, 5.74) is 1.74. The van der Waals surface area contributed by atoms with E-state index in [1.165, 1.54) is 0 Å². The standard InChI is InChI=1S/C14H23N3O2/c1-11(18)9-10-17(4)14(19)15-12-7-5-6-8-13(12)16(2)3/h5-8,11,18H,9-10H2,1-4H3,(H,15,19). The number of anilines is 2. The van der Waals surface area contributed by atoms with Crippen LogP contribution in [0.15, 0.2) is 24.3 Å². The summed E-state index contributed by atoms with van der Waals surface area (Å²) in [5, 5.41) is 12.1. The maximum absolute atomic E-state index is 12.0. The van der Waals surface area contributed by atoms with Gasteiger partial charge in [0.1, 0.15) is 0 Å². The highest BCUT2D eigenvalue weighted by molar-refractivity contribution is 5.93. The minimum absolute atomic E-state index is 0.171. The van der Waals surface area contributed by atoms with Gasteiger partial charge in [-0.1, -0.05) is 12.1 Å². The van der Waals surface area contributed by atoms with Crippen molar-refractivity contribution in [3.8, 4) is 0 Å². The van der Waals surface area contributed by atoms with Gasteiger partial charge in [-0.3, -0.25) is 0 Å². The van der Waals surface area contributed by atoms with E-state index >= 15 is 0 Å². The second-order valence-corrected chi connectivity index (χ2v) is 4.90. The lowest BCUT2D eigenvalue weighted by Crippen LogP contribution is -2.33. The molecule has 0 spiro atoms. The smallest absolute Gasteiger partial charge is 0.321 e. The number of aliphatic hydroxyl groups excluding tert-OH is 1. The van der Waals surface area contributed by atoms with Crippen LogP contribution in [-0.4, -0.2) is 49.8 Å². The number of para-hydroxylation sites is 2. The fraction of sp³-hybridized carbons (Fsp3) is 0.500. The minimum atomic E-state index is -0.399. The molecule has 0 aliphatic rings. The van der Waals surface area contributed by atoms with Crippen LogP contribution in [0.2, 0.25) is 0 Å². The molecule has 5 nitrogen and oxygen atoms in total. The van der Waals surface area contributed by atoms with Crippen LogP contribution in [0.4, 0.5) is 16.2 Å². The van der Waals surface area contributed by atoms with E-state index in [-0.39, 0.29) is 6.03 Å². The van der Waals surface area contributed by atoms with Crippen LogP contribution in [0.5, 0.6) is 0 Å². The fourth-order valence-electron chi connectivity index (χ4n) is 1.66. The molecule has 0 bridgehead atoms. The van der Waals surface area contributed by atoms with Crippen LogP contribution >= 0.6 is 0 Å². The molecule has 0 saturated carbocycles. The van der Waals surface area contributed by atoms with Gasteiger partial charge in [-0.25, -0.2) is 4.79 Å². The van der Waals surface area contributed by atoms with Crippen LogP contribution in [0.3, 0.4) is 0 Å². The van der Waals surface area contributed by atoms with Gasteiger partial charge in [-0.15, -0.1) is 0 Å². The Hall–Kier alpha value is -1.75. The molecule has 2 amide bonds. The molecule has 0 aromatic heterocycles. The third-order valence-corrected chi connectivity index (χ3v) is 2.86. The Bertz CT molecular complexity index is 419. The third-order valence-electron chi connectivity index (χ3n) is 2.86. The first-order valence-corrected chi connectivity index (χ1v) is 6.38. The molecule has 1 rings (SSSR count). The topological polar surface area (TPSA) is 55.8 Å². The highest BCUT2D eigenvalue weighted by Crippen LogP contribution is 2.23. The second-order valence-electron chi connectivity index (χ2n) is 4.90. The molecule has 19 heavy (non-hydrogen) atoms. The van der Waals surface area contributed by atoms with Gasteiger partial charge in [0.2, 0.25) is 0 Å². The number of benzene rings is 1. The molecule has 0 aliphatic carbocycles. The number of carbonyl (C=O) groups is 1. The predicted molar refractivity (Wildman–Crippen MR) is 78.7 cm³/mol. The van der Waals surface area contributed by atoms with Crippen LogP contribution in [0.1, 0.15) is 13.3 Å². The molecule has 0 aliphatic heterocycles. The molecule has 5 heteroatoms. The SMILES string of the molecule is CC(O)CCN(C)C(=O)Nc1ccccc1N(C)C. The van der Waals surface area contributed by atoms with Crippen molar-refractivity contribution in [3.05, 3.63) is 24.3 Å². The lowest BCUT2D eigenvalue weighted by Gasteiger charge is -2.22. The van der Waals surface area contributed by atoms with Gasteiger partial charge in [-0.2, -0.15) is 0 Å². The summed E-state index contributed by atoms with van der Waals surface area (Å²) in [6.45, 7) is 2.24. The number of aliphatic hydroxyl groups is 1. The van der Waals surface area contributed by atoms with Gasteiger partial charge < -0.3 is 20.2 Å². The van der Waals surface area contributed by atoms with E-state index in [2.05, 4.69) is 5.32 Å². The molecule has 1 unspecified atom stereocenters. The van der Waals surface area contributed by atoms with Crippen molar-refractivity contribution < 1.29 is 9.90 Å². The number of nitrogens with one attached hydrogen (secondary N) is 1. The summed E-state index contributed by atoms with van der Waals surface area (Å²) in [6, 6.07) is 7.47. The second kappa shape index (κ2) is 6.99. The Labute approximate surface area is 114 Å². The Kier molecular flexibility index (Phi) is 5.63. The number of nitrogens with zero attached hydrogens (tertiary/aromatic N) is 2. The summed E-state index contributed by atoms with van der Waals surface area (Å²) >= 11 is 0. The molecule has 1 aromatic carbocycles. The first kappa shape index (κ1) is 15.3. The van der Waals surface area contributed by atoms with Gasteiger partial charge in [0.05, 0.1) is 17.5 Å². The molecule has 2 N–H and O–H groups in total. The Morgan fingerprint density at radius 2 is 1.95 bits per heavy atom. The zero-order valence-corrected chi connectivity index (χ0v) is 12.1. The molecule has 1 aromatic rings. The van der Waals surface area contributed by atoms with E-state index in [0.29, 0.717) is 13.0 Å². The van der Waals surface area contributed by atoms with E-state index in [1.807, 2.05) is 43.3 Å². The highest BCUT2D eigenvalue weighted by atomic mass is 16.3. The summed E-state index contributed by atoms with van der Waals surface area (Å²) in [5.74, 6) is 0. The zero-order chi connectivity index (χ0) is 14.4. The van der Waals surface area contributed by atoms with Gasteiger partial charge in [0, 0.05) is 27.7 Å². The van der Waals surface area contributed by atoms with Crippen molar-refractivity contribution in [2.75, 3.05) is 37.9 Å². The monoisotopic (exact) mass is 265 g/mol. The molecule has 0 heterocycles. The fourth-order valence-corrected chi connectivity index (χ4v) is 1.66. The number of urea groups is 1. The normalized spacial score (nSPS) is 11.8. The van der Waals surface area contributed by atoms with Crippen molar-refractivity contribution in [2.45, 2.75) is 19.4 Å². The van der Waals surface area contributed by atoms with E-state index in [4.69, 9.17) is 0 Å². The number of hydrogen-bond acceptors (Lipinski definition) is 3. The summed E-state index contributed by atoms with van der Waals surface area (Å²) in [7, 11) is 5.58. The lowest BCUT2D eigenvalue weighted by molar-refractivity contribution is 0.167. The van der Waals surface area contributed by atoms with Crippen molar-refractivity contribution in [1.29, 1.82) is 0 Å². The first-order chi connectivity index (χ1) is 8.91. The molecule has 0 radical (unpaired) electrons. The van der Waals surface area contributed by atoms with E-state index in [1.54, 1.807) is 18.9 Å². The molecule has 1 atom stereocenters. The van der Waals surface area contributed by atoms with Gasteiger partial charge in [-0.05, 0) is 25.5 Å². The van der Waals surface area contributed by atoms with Crippen LogP contribution in [-0.2, 0) is 0 Å². The number of carbonyl (C=O) groups excluding carboxylic acids is 1. The predicted octanol–water partition coefficient (Wildman–Crippen LogP) is 1.99. The summed E-state index contributed by atoms with van der Waals surface area (Å²) < 4.78 is 0. The number of amides is 2. The Morgan fingerprint density at radius 1 is 1.32 bits per heavy atom. The van der Waals surface area contributed by atoms with E-state index < -0.39 is 6.10 Å². The average molecular weight is 265 g/mol. The maximum Gasteiger partial charge on any atom is 0.321 e. The van der Waals surface area contributed by atoms with Crippen molar-refractivity contribution in [3.63, 3.8) is 0 Å². The Morgan fingerprint density at radius 3 is 2.53 bits per heavy atom. The van der Waals surface area contributed by atoms with Crippen LogP contribution < -0.4 is 10.2 Å². The van der Waals surface area contributed by atoms with Crippen LogP contribution in [0, 0.1) is 0 Å². The number of hydrogen-bond donors (Lipinski definition) is 2. The third kappa shape index (κ3) is 4.79. The Balaban J connectivity index is 2.66. The van der Waals surface area contributed by atoms with Crippen molar-refractivity contribution >= 4 is 17.4 Å². The van der Waals surface area contributed by atoms with Crippen LogP contribution in [0.25, 0.3) is 0 Å². The van der Waals surface area contributed by atoms with Crippen molar-refractivity contribution in [1.82, 2.24) is 4.90 Å². The minimum Gasteiger partial charge on any atom is -0.393 e. The van der Waals surface area contributed by atoms with Gasteiger partial charge in [0.25, 0.3) is 0 Å². The van der Waals surface area contributed by atoms with Gasteiger partial charge >= 0.3 is 6.03 Å². The van der Waals surface area contributed by atoms with E-state index in [0.717, 1.165) is 11.4 Å². The quantitative estimate of drug-likeness (QED) is 0.856. The van der Waals surface area contributed by atoms with Gasteiger partial charge in [0.15, 0.2) is 0 Å². The highest BCUT2D eigenvalue weighted by Gasteiger charge is 2.12. The summed E-state index contributed by atoms with van der Waals surface area (Å²) in [4.78, 5) is 15.5. The largest absolute Gasteiger partial charge is 0.393 e. The molecule has 106 valence electrons. The molecular weight excluding hydrogens is 242 g/mol. The maximum atomic E-state index is 12.0.